The van der Waals surface area contributed by atoms with Crippen LogP contribution in [0.5, 0.6) is 0 Å². The Morgan fingerprint density at radius 3 is 2.45 bits per heavy atom. The van der Waals surface area contributed by atoms with E-state index in [0.29, 0.717) is 18.7 Å². The van der Waals surface area contributed by atoms with E-state index in [0.717, 1.165) is 22.3 Å². The standard InChI is InChI=1S/C24H26N2O4S/c1-16-4-7-19(8-5-16)14-26(21-10-11-31(28,29)15-21)24(27)22-13-23(30-25-22)20-9-6-17(2)18(3)12-20/h4-9,12-13,21H,10-11,14-15H2,1-3H3/t21-/m0/s1. The van der Waals surface area contributed by atoms with Crippen molar-refractivity contribution in [3.05, 3.63) is 76.5 Å². The SMILES string of the molecule is Cc1ccc(CN(C(=O)c2cc(-c3ccc(C)c(C)c3)on2)[C@H]2CCS(=O)(=O)C2)cc1. The summed E-state index contributed by atoms with van der Waals surface area (Å²) in [7, 11) is -3.14. The molecule has 1 aromatic heterocycles. The van der Waals surface area contributed by atoms with Gasteiger partial charge in [0.2, 0.25) is 0 Å². The van der Waals surface area contributed by atoms with Gasteiger partial charge in [0.25, 0.3) is 5.91 Å². The van der Waals surface area contributed by atoms with Crippen molar-refractivity contribution in [2.75, 3.05) is 11.5 Å². The maximum atomic E-state index is 13.4. The van der Waals surface area contributed by atoms with Gasteiger partial charge in [-0.3, -0.25) is 4.79 Å². The molecule has 0 spiro atoms. The smallest absolute Gasteiger partial charge is 0.276 e. The predicted octanol–water partition coefficient (Wildman–Crippen LogP) is 4.10. The molecule has 4 rings (SSSR count). The lowest BCUT2D eigenvalue weighted by atomic mass is 10.0. The van der Waals surface area contributed by atoms with Crippen molar-refractivity contribution in [3.63, 3.8) is 0 Å². The van der Waals surface area contributed by atoms with Crippen molar-refractivity contribution < 1.29 is 17.7 Å². The van der Waals surface area contributed by atoms with Crippen LogP contribution in [0.25, 0.3) is 11.3 Å². The fourth-order valence-corrected chi connectivity index (χ4v) is 5.56. The maximum Gasteiger partial charge on any atom is 0.276 e. The highest BCUT2D eigenvalue weighted by atomic mass is 32.2. The molecule has 2 heterocycles. The van der Waals surface area contributed by atoms with E-state index in [4.69, 9.17) is 4.52 Å². The van der Waals surface area contributed by atoms with Gasteiger partial charge < -0.3 is 9.42 Å². The molecule has 1 fully saturated rings. The molecule has 3 aromatic rings. The first-order valence-corrected chi connectivity index (χ1v) is 12.2. The molecule has 0 bridgehead atoms. The number of hydrogen-bond donors (Lipinski definition) is 0. The van der Waals surface area contributed by atoms with Crippen molar-refractivity contribution in [3.8, 4) is 11.3 Å². The number of hydrogen-bond acceptors (Lipinski definition) is 5. The Labute approximate surface area is 182 Å². The van der Waals surface area contributed by atoms with E-state index in [-0.39, 0.29) is 29.1 Å². The van der Waals surface area contributed by atoms with Crippen LogP contribution in [0.4, 0.5) is 0 Å². The van der Waals surface area contributed by atoms with Gasteiger partial charge in [0.05, 0.1) is 11.5 Å². The van der Waals surface area contributed by atoms with Gasteiger partial charge in [0.15, 0.2) is 21.3 Å². The number of carbonyl (C=O) groups excluding carboxylic acids is 1. The topological polar surface area (TPSA) is 80.5 Å². The van der Waals surface area contributed by atoms with E-state index in [1.54, 1.807) is 11.0 Å². The summed E-state index contributed by atoms with van der Waals surface area (Å²) >= 11 is 0. The zero-order valence-corrected chi connectivity index (χ0v) is 18.8. The quantitative estimate of drug-likeness (QED) is 0.599. The second-order valence-corrected chi connectivity index (χ2v) is 10.6. The first kappa shape index (κ1) is 21.3. The first-order valence-electron chi connectivity index (χ1n) is 10.3. The molecule has 7 heteroatoms. The highest BCUT2D eigenvalue weighted by Crippen LogP contribution is 2.26. The Morgan fingerprint density at radius 2 is 1.81 bits per heavy atom. The third-order valence-corrected chi connectivity index (χ3v) is 7.65. The van der Waals surface area contributed by atoms with Crippen LogP contribution in [0.3, 0.4) is 0 Å². The van der Waals surface area contributed by atoms with Crippen LogP contribution < -0.4 is 0 Å². The molecule has 31 heavy (non-hydrogen) atoms. The predicted molar refractivity (Wildman–Crippen MR) is 120 cm³/mol. The van der Waals surface area contributed by atoms with Crippen molar-refractivity contribution in [1.29, 1.82) is 0 Å². The highest BCUT2D eigenvalue weighted by Gasteiger charge is 2.36. The van der Waals surface area contributed by atoms with Crippen molar-refractivity contribution in [1.82, 2.24) is 10.1 Å². The Hall–Kier alpha value is -2.93. The van der Waals surface area contributed by atoms with E-state index in [1.807, 2.05) is 63.2 Å². The molecule has 0 N–H and O–H groups in total. The Morgan fingerprint density at radius 1 is 1.06 bits per heavy atom. The summed E-state index contributed by atoms with van der Waals surface area (Å²) in [6, 6.07) is 15.1. The van der Waals surface area contributed by atoms with Gasteiger partial charge in [0, 0.05) is 24.2 Å². The molecule has 2 aromatic carbocycles. The molecule has 0 radical (unpaired) electrons. The summed E-state index contributed by atoms with van der Waals surface area (Å²) in [4.78, 5) is 15.0. The van der Waals surface area contributed by atoms with Crippen LogP contribution in [-0.2, 0) is 16.4 Å². The lowest BCUT2D eigenvalue weighted by molar-refractivity contribution is 0.0670. The molecule has 162 valence electrons. The molecular formula is C24H26N2O4S. The highest BCUT2D eigenvalue weighted by molar-refractivity contribution is 7.91. The average Bonchev–Trinajstić information content (AvgIpc) is 3.36. The molecule has 1 aliphatic rings. The Balaban J connectivity index is 1.63. The van der Waals surface area contributed by atoms with E-state index >= 15 is 0 Å². The molecule has 0 aliphatic carbocycles. The average molecular weight is 439 g/mol. The van der Waals surface area contributed by atoms with Crippen LogP contribution in [0.15, 0.2) is 53.1 Å². The van der Waals surface area contributed by atoms with Crippen LogP contribution in [-0.4, -0.2) is 41.9 Å². The first-order chi connectivity index (χ1) is 14.7. The summed E-state index contributed by atoms with van der Waals surface area (Å²) in [5.41, 5.74) is 5.40. The van der Waals surface area contributed by atoms with Crippen LogP contribution in [0.2, 0.25) is 0 Å². The van der Waals surface area contributed by atoms with E-state index in [1.165, 1.54) is 5.56 Å². The molecular weight excluding hydrogens is 412 g/mol. The Kier molecular flexibility index (Phi) is 5.71. The number of rotatable bonds is 5. The van der Waals surface area contributed by atoms with Crippen LogP contribution in [0.1, 0.15) is 39.2 Å². The molecule has 0 saturated carbocycles. The van der Waals surface area contributed by atoms with Gasteiger partial charge in [-0.15, -0.1) is 0 Å². The van der Waals surface area contributed by atoms with Crippen LogP contribution >= 0.6 is 0 Å². The monoisotopic (exact) mass is 438 g/mol. The summed E-state index contributed by atoms with van der Waals surface area (Å²) in [6.07, 6.45) is 0.432. The van der Waals surface area contributed by atoms with Gasteiger partial charge in [-0.2, -0.15) is 0 Å². The van der Waals surface area contributed by atoms with E-state index in [9.17, 15) is 13.2 Å². The normalized spacial score (nSPS) is 17.6. The van der Waals surface area contributed by atoms with Crippen molar-refractivity contribution in [2.24, 2.45) is 0 Å². The number of carbonyl (C=O) groups is 1. The minimum Gasteiger partial charge on any atom is -0.355 e. The summed E-state index contributed by atoms with van der Waals surface area (Å²) in [5.74, 6) is 0.274. The van der Waals surface area contributed by atoms with Gasteiger partial charge in [-0.25, -0.2) is 8.42 Å². The number of aromatic nitrogens is 1. The summed E-state index contributed by atoms with van der Waals surface area (Å²) in [6.45, 7) is 6.38. The number of nitrogens with zero attached hydrogens (tertiary/aromatic N) is 2. The fourth-order valence-electron chi connectivity index (χ4n) is 3.83. The summed E-state index contributed by atoms with van der Waals surface area (Å²) in [5, 5.41) is 4.01. The fraction of sp³-hybridized carbons (Fsp3) is 0.333. The maximum absolute atomic E-state index is 13.4. The largest absolute Gasteiger partial charge is 0.355 e. The van der Waals surface area contributed by atoms with Crippen LogP contribution in [0, 0.1) is 20.8 Å². The van der Waals surface area contributed by atoms with E-state index < -0.39 is 9.84 Å². The van der Waals surface area contributed by atoms with Crippen molar-refractivity contribution >= 4 is 15.7 Å². The molecule has 0 unspecified atom stereocenters. The lowest BCUT2D eigenvalue weighted by Crippen LogP contribution is -2.40. The Bertz CT molecular complexity index is 1210. The second kappa shape index (κ2) is 8.30. The number of benzene rings is 2. The van der Waals surface area contributed by atoms with E-state index in [2.05, 4.69) is 5.16 Å². The molecule has 1 amide bonds. The molecule has 1 saturated heterocycles. The number of amides is 1. The minimum atomic E-state index is -3.14. The van der Waals surface area contributed by atoms with Gasteiger partial charge >= 0.3 is 0 Å². The third-order valence-electron chi connectivity index (χ3n) is 5.90. The van der Waals surface area contributed by atoms with Gasteiger partial charge in [0.1, 0.15) is 0 Å². The second-order valence-electron chi connectivity index (χ2n) is 8.35. The van der Waals surface area contributed by atoms with Gasteiger partial charge in [-0.05, 0) is 49.9 Å². The minimum absolute atomic E-state index is 0.0214. The van der Waals surface area contributed by atoms with Gasteiger partial charge in [-0.1, -0.05) is 47.1 Å². The number of aryl methyl sites for hydroxylation is 3. The zero-order valence-electron chi connectivity index (χ0n) is 18.0. The molecule has 1 atom stereocenters. The zero-order chi connectivity index (χ0) is 22.2. The van der Waals surface area contributed by atoms with Crippen molar-refractivity contribution in [2.45, 2.75) is 39.8 Å². The third kappa shape index (κ3) is 4.71. The lowest BCUT2D eigenvalue weighted by Gasteiger charge is -2.27. The number of sulfone groups is 1. The molecule has 6 nitrogen and oxygen atoms in total. The summed E-state index contributed by atoms with van der Waals surface area (Å²) < 4.78 is 29.6. The molecule has 1 aliphatic heterocycles.